The van der Waals surface area contributed by atoms with Gasteiger partial charge in [0.15, 0.2) is 6.61 Å². The van der Waals surface area contributed by atoms with Gasteiger partial charge in [0.05, 0.1) is 13.0 Å². The summed E-state index contributed by atoms with van der Waals surface area (Å²) in [6.45, 7) is 3.95. The van der Waals surface area contributed by atoms with Crippen LogP contribution in [0.25, 0.3) is 10.9 Å². The molecule has 0 radical (unpaired) electrons. The van der Waals surface area contributed by atoms with Gasteiger partial charge in [0, 0.05) is 22.7 Å². The molecule has 2 aromatic carbocycles. The van der Waals surface area contributed by atoms with E-state index in [2.05, 4.69) is 11.9 Å². The van der Waals surface area contributed by atoms with Crippen LogP contribution in [0, 0.1) is 6.92 Å². The largest absolute Gasteiger partial charge is 0.493 e. The number of carbonyl (C=O) groups is 2. The molecule has 1 heterocycles. The second kappa shape index (κ2) is 8.54. The predicted octanol–water partition coefficient (Wildman–Crippen LogP) is 4.23. The minimum absolute atomic E-state index is 0.0927. The molecule has 1 aromatic heterocycles. The van der Waals surface area contributed by atoms with E-state index in [9.17, 15) is 9.59 Å². The Kier molecular flexibility index (Phi) is 5.91. The third kappa shape index (κ3) is 4.37. The van der Waals surface area contributed by atoms with Gasteiger partial charge in [-0.15, -0.1) is 0 Å². The lowest BCUT2D eigenvalue weighted by Crippen LogP contribution is -2.16. The second-order valence-corrected chi connectivity index (χ2v) is 6.34. The Morgan fingerprint density at radius 1 is 1.07 bits per heavy atom. The van der Waals surface area contributed by atoms with Gasteiger partial charge in [-0.05, 0) is 30.5 Å². The zero-order chi connectivity index (χ0) is 19.2. The lowest BCUT2D eigenvalue weighted by molar-refractivity contribution is -0.143. The van der Waals surface area contributed by atoms with E-state index in [4.69, 9.17) is 9.47 Å². The fourth-order valence-corrected chi connectivity index (χ4v) is 3.00. The molecule has 5 heteroatoms. The standard InChI is InChI=1S/C22H23NO4/c1-3-16-8-6-9-17-18(13-23-22(16)17)19(24)14-27-21(25)11-12-26-20-10-5-4-7-15(20)2/h4-10,13,23H,3,11-12,14H2,1-2H3. The van der Waals surface area contributed by atoms with Gasteiger partial charge in [-0.2, -0.15) is 0 Å². The maximum absolute atomic E-state index is 12.4. The number of Topliss-reactive ketones (excluding diaryl/α,β-unsaturated/α-hetero) is 1. The fourth-order valence-electron chi connectivity index (χ4n) is 3.00. The van der Waals surface area contributed by atoms with Gasteiger partial charge in [0.2, 0.25) is 5.78 Å². The average Bonchev–Trinajstić information content (AvgIpc) is 3.12. The first kappa shape index (κ1) is 18.7. The van der Waals surface area contributed by atoms with Crippen LogP contribution in [0.1, 0.15) is 34.8 Å². The molecule has 0 amide bonds. The molecule has 0 unspecified atom stereocenters. The van der Waals surface area contributed by atoms with E-state index in [1.807, 2.05) is 49.4 Å². The van der Waals surface area contributed by atoms with Gasteiger partial charge >= 0.3 is 5.97 Å². The van der Waals surface area contributed by atoms with E-state index in [0.29, 0.717) is 5.56 Å². The third-order valence-corrected chi connectivity index (χ3v) is 4.50. The summed E-state index contributed by atoms with van der Waals surface area (Å²) >= 11 is 0. The van der Waals surface area contributed by atoms with Crippen molar-refractivity contribution in [3.8, 4) is 5.75 Å². The van der Waals surface area contributed by atoms with Crippen LogP contribution >= 0.6 is 0 Å². The number of hydrogen-bond acceptors (Lipinski definition) is 4. The van der Waals surface area contributed by atoms with Crippen LogP contribution in [0.15, 0.2) is 48.7 Å². The molecule has 0 aliphatic rings. The number of carbonyl (C=O) groups excluding carboxylic acids is 2. The van der Waals surface area contributed by atoms with E-state index in [-0.39, 0.29) is 25.4 Å². The Labute approximate surface area is 158 Å². The van der Waals surface area contributed by atoms with Crippen molar-refractivity contribution < 1.29 is 19.1 Å². The van der Waals surface area contributed by atoms with Crippen molar-refractivity contribution in [1.82, 2.24) is 4.98 Å². The van der Waals surface area contributed by atoms with E-state index in [1.54, 1.807) is 6.20 Å². The number of aromatic amines is 1. The van der Waals surface area contributed by atoms with Gasteiger partial charge in [0.1, 0.15) is 5.75 Å². The molecular formula is C22H23NO4. The number of rotatable bonds is 8. The zero-order valence-corrected chi connectivity index (χ0v) is 15.6. The van der Waals surface area contributed by atoms with Crippen molar-refractivity contribution >= 4 is 22.7 Å². The summed E-state index contributed by atoms with van der Waals surface area (Å²) in [5, 5.41) is 0.860. The first-order valence-electron chi connectivity index (χ1n) is 9.06. The van der Waals surface area contributed by atoms with Crippen molar-refractivity contribution in [2.45, 2.75) is 26.7 Å². The molecule has 0 aliphatic heterocycles. The fraction of sp³-hybridized carbons (Fsp3) is 0.273. The molecule has 0 saturated heterocycles. The number of aromatic nitrogens is 1. The summed E-state index contributed by atoms with van der Waals surface area (Å²) in [4.78, 5) is 27.5. The molecule has 1 N–H and O–H groups in total. The number of nitrogens with one attached hydrogen (secondary N) is 1. The first-order chi connectivity index (χ1) is 13.1. The number of para-hydroxylation sites is 2. The molecule has 0 fully saturated rings. The third-order valence-electron chi connectivity index (χ3n) is 4.50. The quantitative estimate of drug-likeness (QED) is 0.479. The first-order valence-corrected chi connectivity index (χ1v) is 9.06. The van der Waals surface area contributed by atoms with Crippen molar-refractivity contribution in [3.05, 3.63) is 65.4 Å². The summed E-state index contributed by atoms with van der Waals surface area (Å²) in [6, 6.07) is 13.5. The number of H-pyrrole nitrogens is 1. The number of fused-ring (bicyclic) bond motifs is 1. The molecule has 0 spiro atoms. The van der Waals surface area contributed by atoms with Crippen LogP contribution in [0.2, 0.25) is 0 Å². The average molecular weight is 365 g/mol. The lowest BCUT2D eigenvalue weighted by Gasteiger charge is -2.08. The maximum atomic E-state index is 12.4. The number of ketones is 1. The monoisotopic (exact) mass is 365 g/mol. The minimum Gasteiger partial charge on any atom is -0.493 e. The van der Waals surface area contributed by atoms with Crippen LogP contribution in [-0.2, 0) is 16.0 Å². The number of aryl methyl sites for hydroxylation is 2. The van der Waals surface area contributed by atoms with Crippen molar-refractivity contribution in [3.63, 3.8) is 0 Å². The van der Waals surface area contributed by atoms with Crippen LogP contribution in [-0.4, -0.2) is 30.0 Å². The Bertz CT molecular complexity index is 958. The molecule has 5 nitrogen and oxygen atoms in total. The van der Waals surface area contributed by atoms with E-state index in [1.165, 1.54) is 0 Å². The molecule has 3 rings (SSSR count). The molecule has 0 bridgehead atoms. The van der Waals surface area contributed by atoms with E-state index >= 15 is 0 Å². The topological polar surface area (TPSA) is 68.4 Å². The molecule has 0 saturated carbocycles. The van der Waals surface area contributed by atoms with Crippen molar-refractivity contribution in [2.24, 2.45) is 0 Å². The molecule has 140 valence electrons. The summed E-state index contributed by atoms with van der Waals surface area (Å²) < 4.78 is 10.7. The Balaban J connectivity index is 1.52. The summed E-state index contributed by atoms with van der Waals surface area (Å²) in [5.74, 6) is 0.0700. The van der Waals surface area contributed by atoms with Crippen LogP contribution in [0.5, 0.6) is 5.75 Å². The highest BCUT2D eigenvalue weighted by Gasteiger charge is 2.15. The smallest absolute Gasteiger partial charge is 0.309 e. The number of benzene rings is 2. The number of hydrogen-bond donors (Lipinski definition) is 1. The highest BCUT2D eigenvalue weighted by molar-refractivity contribution is 6.09. The Hall–Kier alpha value is -3.08. The Morgan fingerprint density at radius 2 is 1.89 bits per heavy atom. The van der Waals surface area contributed by atoms with Crippen LogP contribution in [0.4, 0.5) is 0 Å². The molecule has 0 aliphatic carbocycles. The number of esters is 1. The van der Waals surface area contributed by atoms with Gasteiger partial charge in [-0.3, -0.25) is 9.59 Å². The molecular weight excluding hydrogens is 342 g/mol. The van der Waals surface area contributed by atoms with Crippen LogP contribution < -0.4 is 4.74 Å². The summed E-state index contributed by atoms with van der Waals surface area (Å²) in [5.41, 5.74) is 3.66. The Morgan fingerprint density at radius 3 is 2.67 bits per heavy atom. The summed E-state index contributed by atoms with van der Waals surface area (Å²) in [6.07, 6.45) is 2.65. The normalized spacial score (nSPS) is 10.7. The second-order valence-electron chi connectivity index (χ2n) is 6.34. The van der Waals surface area contributed by atoms with Crippen molar-refractivity contribution in [1.29, 1.82) is 0 Å². The molecule has 3 aromatic rings. The highest BCUT2D eigenvalue weighted by atomic mass is 16.5. The molecule has 27 heavy (non-hydrogen) atoms. The highest BCUT2D eigenvalue weighted by Crippen LogP contribution is 2.22. The van der Waals surface area contributed by atoms with Gasteiger partial charge in [-0.25, -0.2) is 0 Å². The van der Waals surface area contributed by atoms with Crippen molar-refractivity contribution in [2.75, 3.05) is 13.2 Å². The summed E-state index contributed by atoms with van der Waals surface area (Å²) in [7, 11) is 0. The predicted molar refractivity (Wildman–Crippen MR) is 104 cm³/mol. The number of ether oxygens (including phenoxy) is 2. The van der Waals surface area contributed by atoms with Crippen LogP contribution in [0.3, 0.4) is 0 Å². The van der Waals surface area contributed by atoms with Gasteiger partial charge < -0.3 is 14.5 Å². The zero-order valence-electron chi connectivity index (χ0n) is 15.6. The maximum Gasteiger partial charge on any atom is 0.309 e. The van der Waals surface area contributed by atoms with Gasteiger partial charge in [-0.1, -0.05) is 43.3 Å². The minimum atomic E-state index is -0.453. The molecule has 0 atom stereocenters. The van der Waals surface area contributed by atoms with E-state index in [0.717, 1.165) is 34.2 Å². The van der Waals surface area contributed by atoms with E-state index < -0.39 is 5.97 Å². The van der Waals surface area contributed by atoms with Gasteiger partial charge in [0.25, 0.3) is 0 Å². The SMILES string of the molecule is CCc1cccc2c(C(=O)COC(=O)CCOc3ccccc3C)c[nH]c12. The lowest BCUT2D eigenvalue weighted by atomic mass is 10.1.